The third kappa shape index (κ3) is 3.47. The molecule has 4 heteroatoms. The fraction of sp³-hybridized carbons (Fsp3) is 0.316. The molecule has 1 aliphatic rings. The van der Waals surface area contributed by atoms with Gasteiger partial charge in [0, 0.05) is 12.2 Å². The maximum atomic E-state index is 12.3. The van der Waals surface area contributed by atoms with Crippen LogP contribution in [0.25, 0.3) is 0 Å². The Hall–Kier alpha value is -2.49. The highest BCUT2D eigenvalue weighted by atomic mass is 16.5. The van der Waals surface area contributed by atoms with Gasteiger partial charge in [-0.05, 0) is 55.2 Å². The highest BCUT2D eigenvalue weighted by Crippen LogP contribution is 2.27. The van der Waals surface area contributed by atoms with E-state index in [9.17, 15) is 4.79 Å². The predicted octanol–water partition coefficient (Wildman–Crippen LogP) is 3.45. The second kappa shape index (κ2) is 6.73. The van der Waals surface area contributed by atoms with E-state index in [1.807, 2.05) is 36.4 Å². The molecule has 4 nitrogen and oxygen atoms in total. The average molecular weight is 310 g/mol. The van der Waals surface area contributed by atoms with Crippen LogP contribution in [0.5, 0.6) is 5.75 Å². The Labute approximate surface area is 137 Å². The average Bonchev–Trinajstić information content (AvgIpc) is 2.99. The topological polar surface area (TPSA) is 41.6 Å². The molecule has 2 aromatic carbocycles. The maximum Gasteiger partial charge on any atom is 0.322 e. The van der Waals surface area contributed by atoms with Crippen molar-refractivity contribution in [3.05, 3.63) is 59.2 Å². The summed E-state index contributed by atoms with van der Waals surface area (Å²) in [5.74, 6) is 0.842. The first kappa shape index (κ1) is 15.4. The van der Waals surface area contributed by atoms with Crippen LogP contribution in [-0.4, -0.2) is 25.7 Å². The minimum atomic E-state index is -0.0568. The van der Waals surface area contributed by atoms with Crippen molar-refractivity contribution >= 4 is 11.7 Å². The second-order valence-electron chi connectivity index (χ2n) is 5.86. The molecule has 0 saturated heterocycles. The van der Waals surface area contributed by atoms with Gasteiger partial charge in [-0.1, -0.05) is 24.3 Å². The number of benzene rings is 2. The Bertz CT molecular complexity index is 712. The molecular weight excluding hydrogens is 288 g/mol. The van der Waals surface area contributed by atoms with Gasteiger partial charge in [0.1, 0.15) is 12.4 Å². The summed E-state index contributed by atoms with van der Waals surface area (Å²) < 4.78 is 5.69. The van der Waals surface area contributed by atoms with Gasteiger partial charge in [0.05, 0.1) is 6.54 Å². The van der Waals surface area contributed by atoms with Crippen molar-refractivity contribution in [3.63, 3.8) is 0 Å². The van der Waals surface area contributed by atoms with Gasteiger partial charge in [0.15, 0.2) is 0 Å². The number of hydrogen-bond acceptors (Lipinski definition) is 2. The van der Waals surface area contributed by atoms with E-state index in [0.717, 1.165) is 24.4 Å². The molecule has 0 atom stereocenters. The van der Waals surface area contributed by atoms with Gasteiger partial charge in [-0.2, -0.15) is 0 Å². The standard InChI is InChI=1S/C19H22N2O2/c1-14-7-8-17(13-15(14)2)23-12-10-20-19(22)21-11-9-16-5-3-4-6-18(16)21/h3-8,13H,9-12H2,1-2H3,(H,20,22). The molecule has 0 fully saturated rings. The molecule has 3 rings (SSSR count). The van der Waals surface area contributed by atoms with Crippen LogP contribution in [-0.2, 0) is 6.42 Å². The lowest BCUT2D eigenvalue weighted by atomic mass is 10.1. The SMILES string of the molecule is Cc1ccc(OCCNC(=O)N2CCc3ccccc32)cc1C. The lowest BCUT2D eigenvalue weighted by molar-refractivity contribution is 0.242. The van der Waals surface area contributed by atoms with Crippen molar-refractivity contribution in [3.8, 4) is 5.75 Å². The zero-order valence-electron chi connectivity index (χ0n) is 13.6. The quantitative estimate of drug-likeness (QED) is 0.879. The van der Waals surface area contributed by atoms with Crippen molar-refractivity contribution in [2.24, 2.45) is 0 Å². The Kier molecular flexibility index (Phi) is 4.51. The molecule has 0 bridgehead atoms. The Morgan fingerprint density at radius 3 is 2.83 bits per heavy atom. The van der Waals surface area contributed by atoms with Crippen molar-refractivity contribution in [1.82, 2.24) is 5.32 Å². The van der Waals surface area contributed by atoms with Crippen LogP contribution in [0, 0.1) is 13.8 Å². The lowest BCUT2D eigenvalue weighted by Gasteiger charge is -2.18. The van der Waals surface area contributed by atoms with Crippen LogP contribution >= 0.6 is 0 Å². The van der Waals surface area contributed by atoms with Crippen LogP contribution < -0.4 is 15.0 Å². The van der Waals surface area contributed by atoms with Crippen LogP contribution in [0.1, 0.15) is 16.7 Å². The van der Waals surface area contributed by atoms with Crippen molar-refractivity contribution in [1.29, 1.82) is 0 Å². The summed E-state index contributed by atoms with van der Waals surface area (Å²) in [6.45, 7) is 5.83. The number of carbonyl (C=O) groups is 1. The lowest BCUT2D eigenvalue weighted by Crippen LogP contribution is -2.40. The summed E-state index contributed by atoms with van der Waals surface area (Å²) >= 11 is 0. The molecule has 1 N–H and O–H groups in total. The van der Waals surface area contributed by atoms with E-state index in [0.29, 0.717) is 13.2 Å². The zero-order chi connectivity index (χ0) is 16.2. The molecule has 0 spiro atoms. The third-order valence-electron chi connectivity index (χ3n) is 4.26. The van der Waals surface area contributed by atoms with E-state index in [1.165, 1.54) is 16.7 Å². The number of hydrogen-bond donors (Lipinski definition) is 1. The molecule has 1 heterocycles. The molecule has 0 saturated carbocycles. The van der Waals surface area contributed by atoms with E-state index in [2.05, 4.69) is 25.2 Å². The number of ether oxygens (including phenoxy) is 1. The smallest absolute Gasteiger partial charge is 0.322 e. The van der Waals surface area contributed by atoms with Gasteiger partial charge in [-0.15, -0.1) is 0 Å². The fourth-order valence-electron chi connectivity index (χ4n) is 2.78. The van der Waals surface area contributed by atoms with Crippen LogP contribution in [0.15, 0.2) is 42.5 Å². The van der Waals surface area contributed by atoms with E-state index in [-0.39, 0.29) is 6.03 Å². The number of aryl methyl sites for hydroxylation is 2. The Balaban J connectivity index is 1.48. The van der Waals surface area contributed by atoms with Gasteiger partial charge in [-0.3, -0.25) is 4.90 Å². The fourth-order valence-corrected chi connectivity index (χ4v) is 2.78. The van der Waals surface area contributed by atoms with E-state index >= 15 is 0 Å². The molecular formula is C19H22N2O2. The molecule has 1 aliphatic heterocycles. The summed E-state index contributed by atoms with van der Waals surface area (Å²) in [7, 11) is 0. The number of urea groups is 1. The largest absolute Gasteiger partial charge is 0.492 e. The van der Waals surface area contributed by atoms with Crippen LogP contribution in [0.3, 0.4) is 0 Å². The minimum Gasteiger partial charge on any atom is -0.492 e. The summed E-state index contributed by atoms with van der Waals surface area (Å²) in [4.78, 5) is 14.1. The van der Waals surface area contributed by atoms with Gasteiger partial charge in [-0.25, -0.2) is 4.79 Å². The predicted molar refractivity (Wildman–Crippen MR) is 92.3 cm³/mol. The first-order chi connectivity index (χ1) is 11.1. The number of amides is 2. The van der Waals surface area contributed by atoms with Crippen molar-refractivity contribution < 1.29 is 9.53 Å². The molecule has 2 amide bonds. The van der Waals surface area contributed by atoms with E-state index < -0.39 is 0 Å². The summed E-state index contributed by atoms with van der Waals surface area (Å²) in [5, 5.41) is 2.92. The Morgan fingerprint density at radius 2 is 2.00 bits per heavy atom. The molecule has 0 radical (unpaired) electrons. The highest BCUT2D eigenvalue weighted by molar-refractivity contribution is 5.94. The van der Waals surface area contributed by atoms with E-state index in [4.69, 9.17) is 4.74 Å². The molecule has 0 aliphatic carbocycles. The number of nitrogens with one attached hydrogen (secondary N) is 1. The summed E-state index contributed by atoms with van der Waals surface area (Å²) in [6.07, 6.45) is 0.919. The number of carbonyl (C=O) groups excluding carboxylic acids is 1. The minimum absolute atomic E-state index is 0.0568. The first-order valence-electron chi connectivity index (χ1n) is 7.98. The number of para-hydroxylation sites is 1. The number of rotatable bonds is 4. The van der Waals surface area contributed by atoms with Gasteiger partial charge >= 0.3 is 6.03 Å². The molecule has 120 valence electrons. The number of fused-ring (bicyclic) bond motifs is 1. The third-order valence-corrected chi connectivity index (χ3v) is 4.26. The molecule has 0 aromatic heterocycles. The van der Waals surface area contributed by atoms with Crippen molar-refractivity contribution in [2.75, 3.05) is 24.6 Å². The summed E-state index contributed by atoms with van der Waals surface area (Å²) in [6, 6.07) is 14.0. The van der Waals surface area contributed by atoms with Gasteiger partial charge < -0.3 is 10.1 Å². The van der Waals surface area contributed by atoms with Crippen molar-refractivity contribution in [2.45, 2.75) is 20.3 Å². The van der Waals surface area contributed by atoms with E-state index in [1.54, 1.807) is 4.90 Å². The second-order valence-corrected chi connectivity index (χ2v) is 5.86. The monoisotopic (exact) mass is 310 g/mol. The highest BCUT2D eigenvalue weighted by Gasteiger charge is 2.23. The van der Waals surface area contributed by atoms with Gasteiger partial charge in [0.25, 0.3) is 0 Å². The number of nitrogens with zero attached hydrogens (tertiary/aromatic N) is 1. The molecule has 23 heavy (non-hydrogen) atoms. The van der Waals surface area contributed by atoms with Gasteiger partial charge in [0.2, 0.25) is 0 Å². The first-order valence-corrected chi connectivity index (χ1v) is 7.98. The Morgan fingerprint density at radius 1 is 1.17 bits per heavy atom. The van der Waals surface area contributed by atoms with Crippen LogP contribution in [0.4, 0.5) is 10.5 Å². The molecule has 0 unspecified atom stereocenters. The molecule has 2 aromatic rings. The number of anilines is 1. The summed E-state index contributed by atoms with van der Waals surface area (Å²) in [5.41, 5.74) is 4.70. The zero-order valence-corrected chi connectivity index (χ0v) is 13.6. The maximum absolute atomic E-state index is 12.3. The van der Waals surface area contributed by atoms with Crippen LogP contribution in [0.2, 0.25) is 0 Å². The normalized spacial score (nSPS) is 12.9.